The lowest BCUT2D eigenvalue weighted by Gasteiger charge is -2.14. The van der Waals surface area contributed by atoms with Crippen LogP contribution in [0.25, 0.3) is 0 Å². The molecule has 0 radical (unpaired) electrons. The van der Waals surface area contributed by atoms with Crippen molar-refractivity contribution in [2.75, 3.05) is 20.0 Å². The molecule has 0 aliphatic rings. The molecule has 1 unspecified atom stereocenters. The lowest BCUT2D eigenvalue weighted by Crippen LogP contribution is -2.17. The molecular weight excluding hydrogens is 248 g/mol. The summed E-state index contributed by atoms with van der Waals surface area (Å²) in [6.45, 7) is 2.14. The number of thioether (sulfide) groups is 1. The monoisotopic (exact) mass is 268 g/mol. The molecule has 0 spiro atoms. The molecule has 0 N–H and O–H groups in total. The molecule has 0 fully saturated rings. The van der Waals surface area contributed by atoms with Crippen LogP contribution in [0.5, 0.6) is 5.75 Å². The lowest BCUT2D eigenvalue weighted by atomic mass is 10.1. The minimum Gasteiger partial charge on any atom is -0.493 e. The molecule has 1 aromatic carbocycles. The van der Waals surface area contributed by atoms with Gasteiger partial charge in [-0.3, -0.25) is 4.79 Å². The fraction of sp³-hybridized carbons (Fsp3) is 0.500. The molecule has 18 heavy (non-hydrogen) atoms. The Hall–Kier alpha value is -1.00. The zero-order valence-electron chi connectivity index (χ0n) is 11.1. The number of carbonyl (C=O) groups is 1. The standard InChI is InChI=1S/C14H20O3S/c1-11(15)10-13(16-2)8-9-17-12-4-6-14(18-3)7-5-12/h4-7,13H,8-10H2,1-3H3. The first-order valence-electron chi connectivity index (χ1n) is 5.94. The Bertz CT molecular complexity index is 362. The third-order valence-electron chi connectivity index (χ3n) is 2.62. The SMILES string of the molecule is COC(CCOc1ccc(SC)cc1)CC(C)=O. The van der Waals surface area contributed by atoms with Crippen molar-refractivity contribution in [3.05, 3.63) is 24.3 Å². The Labute approximate surface area is 113 Å². The van der Waals surface area contributed by atoms with Crippen molar-refractivity contribution in [1.29, 1.82) is 0 Å². The van der Waals surface area contributed by atoms with Crippen molar-refractivity contribution < 1.29 is 14.3 Å². The second-order valence-corrected chi connectivity index (χ2v) is 4.96. The number of hydrogen-bond donors (Lipinski definition) is 0. The van der Waals surface area contributed by atoms with Gasteiger partial charge in [0, 0.05) is 24.8 Å². The summed E-state index contributed by atoms with van der Waals surface area (Å²) in [4.78, 5) is 12.2. The Kier molecular flexibility index (Phi) is 6.83. The minimum atomic E-state index is -0.0482. The van der Waals surface area contributed by atoms with E-state index in [2.05, 4.69) is 0 Å². The first kappa shape index (κ1) is 15.1. The van der Waals surface area contributed by atoms with Crippen LogP contribution in [0.3, 0.4) is 0 Å². The third kappa shape index (κ3) is 5.56. The third-order valence-corrected chi connectivity index (χ3v) is 3.36. The zero-order chi connectivity index (χ0) is 13.4. The van der Waals surface area contributed by atoms with Gasteiger partial charge < -0.3 is 9.47 Å². The van der Waals surface area contributed by atoms with Gasteiger partial charge in [0.1, 0.15) is 11.5 Å². The van der Waals surface area contributed by atoms with Crippen LogP contribution < -0.4 is 4.74 Å². The van der Waals surface area contributed by atoms with Crippen LogP contribution in [0.15, 0.2) is 29.2 Å². The molecule has 0 bridgehead atoms. The van der Waals surface area contributed by atoms with Gasteiger partial charge in [0.05, 0.1) is 12.7 Å². The Balaban J connectivity index is 2.33. The quantitative estimate of drug-likeness (QED) is 0.678. The summed E-state index contributed by atoms with van der Waals surface area (Å²) in [5.74, 6) is 0.997. The van der Waals surface area contributed by atoms with Gasteiger partial charge in [0.15, 0.2) is 0 Å². The predicted octanol–water partition coefficient (Wildman–Crippen LogP) is 3.17. The highest BCUT2D eigenvalue weighted by atomic mass is 32.2. The van der Waals surface area contributed by atoms with Crippen LogP contribution >= 0.6 is 11.8 Å². The largest absolute Gasteiger partial charge is 0.493 e. The van der Waals surface area contributed by atoms with Gasteiger partial charge in [0.25, 0.3) is 0 Å². The first-order valence-corrected chi connectivity index (χ1v) is 7.17. The van der Waals surface area contributed by atoms with Gasteiger partial charge >= 0.3 is 0 Å². The summed E-state index contributed by atoms with van der Waals surface area (Å²) in [6, 6.07) is 7.98. The maximum absolute atomic E-state index is 11.0. The number of Topliss-reactive ketones (excluding diaryl/α,β-unsaturated/α-hetero) is 1. The summed E-state index contributed by atoms with van der Waals surface area (Å²) in [6.07, 6.45) is 3.17. The van der Waals surface area contributed by atoms with Crippen LogP contribution in [0, 0.1) is 0 Å². The van der Waals surface area contributed by atoms with Gasteiger partial charge in [-0.15, -0.1) is 11.8 Å². The molecule has 0 saturated carbocycles. The van der Waals surface area contributed by atoms with E-state index in [4.69, 9.17) is 9.47 Å². The molecule has 0 saturated heterocycles. The highest BCUT2D eigenvalue weighted by Crippen LogP contribution is 2.19. The fourth-order valence-corrected chi connectivity index (χ4v) is 2.01. The zero-order valence-corrected chi connectivity index (χ0v) is 12.0. The average molecular weight is 268 g/mol. The molecule has 1 aromatic rings. The summed E-state index contributed by atoms with van der Waals surface area (Å²) < 4.78 is 10.9. The molecule has 0 amide bonds. The van der Waals surface area contributed by atoms with Gasteiger partial charge in [-0.05, 0) is 37.4 Å². The molecule has 0 aliphatic carbocycles. The fourth-order valence-electron chi connectivity index (χ4n) is 1.60. The van der Waals surface area contributed by atoms with E-state index < -0.39 is 0 Å². The van der Waals surface area contributed by atoms with Crippen LogP contribution in [0.4, 0.5) is 0 Å². The Morgan fingerprint density at radius 3 is 2.50 bits per heavy atom. The van der Waals surface area contributed by atoms with Crippen molar-refractivity contribution in [1.82, 2.24) is 0 Å². The lowest BCUT2D eigenvalue weighted by molar-refractivity contribution is -0.119. The molecule has 0 aromatic heterocycles. The van der Waals surface area contributed by atoms with E-state index in [0.717, 1.165) is 12.2 Å². The van der Waals surface area contributed by atoms with E-state index in [-0.39, 0.29) is 11.9 Å². The van der Waals surface area contributed by atoms with Gasteiger partial charge in [-0.2, -0.15) is 0 Å². The van der Waals surface area contributed by atoms with E-state index in [1.54, 1.807) is 25.8 Å². The number of carbonyl (C=O) groups excluding carboxylic acids is 1. The van der Waals surface area contributed by atoms with Crippen LogP contribution in [0.2, 0.25) is 0 Å². The molecule has 3 nitrogen and oxygen atoms in total. The maximum atomic E-state index is 11.0. The molecule has 1 atom stereocenters. The highest BCUT2D eigenvalue weighted by Gasteiger charge is 2.10. The van der Waals surface area contributed by atoms with Crippen LogP contribution in [-0.2, 0) is 9.53 Å². The van der Waals surface area contributed by atoms with Crippen molar-refractivity contribution in [2.24, 2.45) is 0 Å². The van der Waals surface area contributed by atoms with Crippen molar-refractivity contribution in [2.45, 2.75) is 30.8 Å². The summed E-state index contributed by atoms with van der Waals surface area (Å²) in [5.41, 5.74) is 0. The number of rotatable bonds is 8. The number of ketones is 1. The minimum absolute atomic E-state index is 0.0482. The molecule has 0 aliphatic heterocycles. The highest BCUT2D eigenvalue weighted by molar-refractivity contribution is 7.98. The molecule has 1 rings (SSSR count). The Morgan fingerprint density at radius 1 is 1.33 bits per heavy atom. The normalized spacial score (nSPS) is 12.2. The van der Waals surface area contributed by atoms with E-state index in [1.807, 2.05) is 30.5 Å². The van der Waals surface area contributed by atoms with E-state index in [1.165, 1.54) is 4.90 Å². The number of methoxy groups -OCH3 is 1. The smallest absolute Gasteiger partial charge is 0.132 e. The van der Waals surface area contributed by atoms with Gasteiger partial charge in [-0.1, -0.05) is 0 Å². The number of ether oxygens (including phenoxy) is 2. The predicted molar refractivity (Wildman–Crippen MR) is 74.4 cm³/mol. The topological polar surface area (TPSA) is 35.5 Å². The van der Waals surface area contributed by atoms with Crippen molar-refractivity contribution in [3.8, 4) is 5.75 Å². The van der Waals surface area contributed by atoms with Crippen molar-refractivity contribution in [3.63, 3.8) is 0 Å². The second-order valence-electron chi connectivity index (χ2n) is 4.08. The molecule has 0 heterocycles. The van der Waals surface area contributed by atoms with Gasteiger partial charge in [0.2, 0.25) is 0 Å². The van der Waals surface area contributed by atoms with Crippen LogP contribution in [0.1, 0.15) is 19.8 Å². The average Bonchev–Trinajstić information content (AvgIpc) is 2.38. The molecule has 4 heteroatoms. The van der Waals surface area contributed by atoms with E-state index in [9.17, 15) is 4.79 Å². The summed E-state index contributed by atoms with van der Waals surface area (Å²) in [5, 5.41) is 0. The first-order chi connectivity index (χ1) is 8.65. The molecular formula is C14H20O3S. The maximum Gasteiger partial charge on any atom is 0.132 e. The van der Waals surface area contributed by atoms with E-state index in [0.29, 0.717) is 13.0 Å². The summed E-state index contributed by atoms with van der Waals surface area (Å²) in [7, 11) is 1.63. The molecule has 100 valence electrons. The number of hydrogen-bond acceptors (Lipinski definition) is 4. The van der Waals surface area contributed by atoms with Crippen molar-refractivity contribution >= 4 is 17.5 Å². The van der Waals surface area contributed by atoms with Crippen LogP contribution in [-0.4, -0.2) is 31.9 Å². The number of benzene rings is 1. The second kappa shape index (κ2) is 8.16. The van der Waals surface area contributed by atoms with Gasteiger partial charge in [-0.25, -0.2) is 0 Å². The van der Waals surface area contributed by atoms with E-state index >= 15 is 0 Å². The Morgan fingerprint density at radius 2 is 2.00 bits per heavy atom. The summed E-state index contributed by atoms with van der Waals surface area (Å²) >= 11 is 1.70.